The molecule has 4 heteroatoms. The van der Waals surface area contributed by atoms with Crippen molar-refractivity contribution in [1.82, 2.24) is 0 Å². The highest BCUT2D eigenvalue weighted by atomic mass is 32.1. The van der Waals surface area contributed by atoms with Gasteiger partial charge in [0.25, 0.3) is 0 Å². The summed E-state index contributed by atoms with van der Waals surface area (Å²) in [4.78, 5) is 1.14. The van der Waals surface area contributed by atoms with E-state index in [9.17, 15) is 4.39 Å². The third-order valence-corrected chi connectivity index (χ3v) is 3.01. The third kappa shape index (κ3) is 2.38. The minimum absolute atomic E-state index is 0.333. The Morgan fingerprint density at radius 2 is 2.25 bits per heavy atom. The van der Waals surface area contributed by atoms with E-state index in [1.54, 1.807) is 23.5 Å². The first-order valence-electron chi connectivity index (χ1n) is 4.75. The summed E-state index contributed by atoms with van der Waals surface area (Å²) >= 11 is 1.62. The predicted octanol–water partition coefficient (Wildman–Crippen LogP) is 3.37. The van der Waals surface area contributed by atoms with Crippen LogP contribution in [0.15, 0.2) is 35.7 Å². The van der Waals surface area contributed by atoms with E-state index in [0.29, 0.717) is 17.8 Å². The molecule has 1 heterocycles. The summed E-state index contributed by atoms with van der Waals surface area (Å²) in [7, 11) is 0. The van der Waals surface area contributed by atoms with Gasteiger partial charge in [0.05, 0.1) is 17.3 Å². The van der Waals surface area contributed by atoms with Crippen LogP contribution in [-0.4, -0.2) is 0 Å². The number of nitrogens with one attached hydrogen (secondary N) is 1. The van der Waals surface area contributed by atoms with E-state index in [4.69, 9.17) is 5.26 Å². The van der Waals surface area contributed by atoms with Gasteiger partial charge in [0.2, 0.25) is 0 Å². The molecule has 0 amide bonds. The van der Waals surface area contributed by atoms with Crippen LogP contribution in [0.2, 0.25) is 0 Å². The first kappa shape index (κ1) is 10.7. The van der Waals surface area contributed by atoms with Crippen LogP contribution in [0, 0.1) is 17.1 Å². The topological polar surface area (TPSA) is 35.8 Å². The molecule has 0 saturated heterocycles. The van der Waals surface area contributed by atoms with Crippen molar-refractivity contribution < 1.29 is 4.39 Å². The van der Waals surface area contributed by atoms with Crippen LogP contribution in [0.1, 0.15) is 10.4 Å². The molecule has 0 spiro atoms. The molecule has 1 aromatic carbocycles. The summed E-state index contributed by atoms with van der Waals surface area (Å²) in [5.41, 5.74) is 0.756. The number of halogens is 1. The maximum absolute atomic E-state index is 13.5. The Morgan fingerprint density at radius 3 is 2.88 bits per heavy atom. The van der Waals surface area contributed by atoms with Gasteiger partial charge in [0, 0.05) is 11.4 Å². The first-order chi connectivity index (χ1) is 7.79. The second kappa shape index (κ2) is 4.77. The van der Waals surface area contributed by atoms with Crippen molar-refractivity contribution in [3.63, 3.8) is 0 Å². The summed E-state index contributed by atoms with van der Waals surface area (Å²) in [6.07, 6.45) is 0. The Balaban J connectivity index is 2.08. The minimum atomic E-state index is -0.393. The molecule has 0 aliphatic carbocycles. The zero-order chi connectivity index (χ0) is 11.4. The SMILES string of the molecule is N#Cc1ccc(NCc2cccs2)c(F)c1. The van der Waals surface area contributed by atoms with E-state index < -0.39 is 5.82 Å². The van der Waals surface area contributed by atoms with Gasteiger partial charge in [-0.15, -0.1) is 11.3 Å². The number of thiophene rings is 1. The summed E-state index contributed by atoms with van der Waals surface area (Å²) in [5.74, 6) is -0.393. The number of benzene rings is 1. The average Bonchev–Trinajstić information content (AvgIpc) is 2.80. The van der Waals surface area contributed by atoms with E-state index in [2.05, 4.69) is 5.32 Å². The van der Waals surface area contributed by atoms with E-state index in [-0.39, 0.29) is 0 Å². The highest BCUT2D eigenvalue weighted by Gasteiger charge is 2.03. The van der Waals surface area contributed by atoms with Crippen molar-refractivity contribution in [3.8, 4) is 6.07 Å². The molecule has 0 unspecified atom stereocenters. The Morgan fingerprint density at radius 1 is 1.38 bits per heavy atom. The Bertz CT molecular complexity index is 514. The van der Waals surface area contributed by atoms with Gasteiger partial charge in [0.1, 0.15) is 5.82 Å². The Kier molecular flexibility index (Phi) is 3.18. The second-order valence-corrected chi connectivity index (χ2v) is 4.27. The zero-order valence-electron chi connectivity index (χ0n) is 8.40. The van der Waals surface area contributed by atoms with E-state index in [0.717, 1.165) is 4.88 Å². The molecule has 0 aliphatic heterocycles. The predicted molar refractivity (Wildman–Crippen MR) is 62.8 cm³/mol. The molecule has 0 atom stereocenters. The normalized spacial score (nSPS) is 9.75. The van der Waals surface area contributed by atoms with Crippen LogP contribution in [0.3, 0.4) is 0 Å². The quantitative estimate of drug-likeness (QED) is 0.880. The number of hydrogen-bond donors (Lipinski definition) is 1. The number of hydrogen-bond acceptors (Lipinski definition) is 3. The maximum atomic E-state index is 13.5. The molecule has 1 N–H and O–H groups in total. The fourth-order valence-electron chi connectivity index (χ4n) is 1.32. The van der Waals surface area contributed by atoms with Gasteiger partial charge in [0.15, 0.2) is 0 Å². The standard InChI is InChI=1S/C12H9FN2S/c13-11-6-9(7-14)3-4-12(11)15-8-10-2-1-5-16-10/h1-6,15H,8H2. The molecule has 0 bridgehead atoms. The number of nitrogens with zero attached hydrogens (tertiary/aromatic N) is 1. The molecule has 0 fully saturated rings. The van der Waals surface area contributed by atoms with Crippen molar-refractivity contribution >= 4 is 17.0 Å². The lowest BCUT2D eigenvalue weighted by molar-refractivity contribution is 0.629. The fourth-order valence-corrected chi connectivity index (χ4v) is 1.97. The van der Waals surface area contributed by atoms with Crippen LogP contribution in [0.4, 0.5) is 10.1 Å². The summed E-state index contributed by atoms with van der Waals surface area (Å²) in [6, 6.07) is 10.3. The highest BCUT2D eigenvalue weighted by Crippen LogP contribution is 2.17. The van der Waals surface area contributed by atoms with Crippen molar-refractivity contribution in [2.45, 2.75) is 6.54 Å². The Hall–Kier alpha value is -1.86. The van der Waals surface area contributed by atoms with Crippen molar-refractivity contribution in [2.24, 2.45) is 0 Å². The monoisotopic (exact) mass is 232 g/mol. The van der Waals surface area contributed by atoms with Gasteiger partial charge in [-0.05, 0) is 29.6 Å². The van der Waals surface area contributed by atoms with Gasteiger partial charge < -0.3 is 5.32 Å². The molecule has 2 rings (SSSR count). The Labute approximate surface area is 97.0 Å². The van der Waals surface area contributed by atoms with Crippen LogP contribution < -0.4 is 5.32 Å². The van der Waals surface area contributed by atoms with Crippen LogP contribution in [-0.2, 0) is 6.54 Å². The molecular weight excluding hydrogens is 223 g/mol. The largest absolute Gasteiger partial charge is 0.378 e. The average molecular weight is 232 g/mol. The lowest BCUT2D eigenvalue weighted by atomic mass is 10.2. The van der Waals surface area contributed by atoms with Gasteiger partial charge in [-0.1, -0.05) is 6.07 Å². The number of rotatable bonds is 3. The van der Waals surface area contributed by atoms with E-state index in [1.165, 1.54) is 6.07 Å². The minimum Gasteiger partial charge on any atom is -0.378 e. The molecular formula is C12H9FN2S. The van der Waals surface area contributed by atoms with Gasteiger partial charge >= 0.3 is 0 Å². The number of nitriles is 1. The van der Waals surface area contributed by atoms with Crippen molar-refractivity contribution in [3.05, 3.63) is 52.0 Å². The zero-order valence-corrected chi connectivity index (χ0v) is 9.22. The lowest BCUT2D eigenvalue weighted by Gasteiger charge is -2.05. The van der Waals surface area contributed by atoms with Crippen molar-refractivity contribution in [2.75, 3.05) is 5.32 Å². The van der Waals surface area contributed by atoms with Crippen molar-refractivity contribution in [1.29, 1.82) is 5.26 Å². The van der Waals surface area contributed by atoms with E-state index in [1.807, 2.05) is 23.6 Å². The molecule has 0 radical (unpaired) electrons. The molecule has 80 valence electrons. The van der Waals surface area contributed by atoms with Crippen LogP contribution in [0.5, 0.6) is 0 Å². The molecule has 0 aliphatic rings. The second-order valence-electron chi connectivity index (χ2n) is 3.24. The summed E-state index contributed by atoms with van der Waals surface area (Å²) < 4.78 is 13.5. The lowest BCUT2D eigenvalue weighted by Crippen LogP contribution is -1.99. The number of anilines is 1. The molecule has 2 nitrogen and oxygen atoms in total. The molecule has 1 aromatic heterocycles. The smallest absolute Gasteiger partial charge is 0.147 e. The fraction of sp³-hybridized carbons (Fsp3) is 0.0833. The molecule has 0 saturated carbocycles. The van der Waals surface area contributed by atoms with E-state index >= 15 is 0 Å². The maximum Gasteiger partial charge on any atom is 0.147 e. The molecule has 2 aromatic rings. The summed E-state index contributed by atoms with van der Waals surface area (Å²) in [5, 5.41) is 13.6. The van der Waals surface area contributed by atoms with Crippen LogP contribution >= 0.6 is 11.3 Å². The third-order valence-electron chi connectivity index (χ3n) is 2.13. The first-order valence-corrected chi connectivity index (χ1v) is 5.63. The van der Waals surface area contributed by atoms with Gasteiger partial charge in [-0.3, -0.25) is 0 Å². The van der Waals surface area contributed by atoms with Crippen LogP contribution in [0.25, 0.3) is 0 Å². The highest BCUT2D eigenvalue weighted by molar-refractivity contribution is 7.09. The van der Waals surface area contributed by atoms with Gasteiger partial charge in [-0.25, -0.2) is 4.39 Å². The van der Waals surface area contributed by atoms with Gasteiger partial charge in [-0.2, -0.15) is 5.26 Å². The summed E-state index contributed by atoms with van der Waals surface area (Å²) in [6.45, 7) is 0.598. The molecule has 16 heavy (non-hydrogen) atoms.